The van der Waals surface area contributed by atoms with E-state index in [-0.39, 0.29) is 50.5 Å². The predicted molar refractivity (Wildman–Crippen MR) is 198 cm³/mol. The average Bonchev–Trinajstić information content (AvgIpc) is 3.16. The second-order valence-corrected chi connectivity index (χ2v) is 13.1. The smallest absolute Gasteiger partial charge is 0.407 e. The summed E-state index contributed by atoms with van der Waals surface area (Å²) in [5.74, 6) is -1.72. The molecule has 0 unspecified atom stereocenters. The molecule has 12 nitrogen and oxygen atoms in total. The number of carbonyl (C=O) groups is 4. The molecule has 3 amide bonds. The fraction of sp³-hybridized carbons (Fsp3) is 0.317. The zero-order valence-corrected chi connectivity index (χ0v) is 30.2. The maximum absolute atomic E-state index is 14.0. The minimum Gasteiger partial charge on any atom is -0.485 e. The number of amides is 3. The summed E-state index contributed by atoms with van der Waals surface area (Å²) in [5, 5.41) is 17.9. The van der Waals surface area contributed by atoms with Crippen molar-refractivity contribution in [1.29, 1.82) is 0 Å². The molecule has 0 saturated heterocycles. The number of alkyl carbamates (subject to hydrolysis) is 1. The van der Waals surface area contributed by atoms with Gasteiger partial charge in [0.1, 0.15) is 31.5 Å². The van der Waals surface area contributed by atoms with Gasteiger partial charge in [0.15, 0.2) is 17.5 Å². The van der Waals surface area contributed by atoms with Gasteiger partial charge < -0.3 is 40.0 Å². The van der Waals surface area contributed by atoms with Crippen LogP contribution in [0.4, 0.5) is 4.79 Å². The monoisotopic (exact) mass is 725 g/mol. The third-order valence-corrected chi connectivity index (χ3v) is 7.65. The molecule has 2 atom stereocenters. The van der Waals surface area contributed by atoms with Crippen LogP contribution >= 0.6 is 0 Å². The van der Waals surface area contributed by atoms with Gasteiger partial charge in [0.25, 0.3) is 5.91 Å². The van der Waals surface area contributed by atoms with Crippen molar-refractivity contribution in [2.45, 2.75) is 71.1 Å². The second kappa shape index (κ2) is 20.2. The van der Waals surface area contributed by atoms with Crippen molar-refractivity contribution in [3.05, 3.63) is 131 Å². The highest BCUT2D eigenvalue weighted by Gasteiger charge is 2.30. The zero-order chi connectivity index (χ0) is 38.1. The number of hydrogen-bond donors (Lipinski definition) is 4. The van der Waals surface area contributed by atoms with Crippen LogP contribution in [0.3, 0.4) is 0 Å². The average molecular weight is 726 g/mol. The fourth-order valence-electron chi connectivity index (χ4n) is 5.02. The number of nitrogens with one attached hydrogen (secondary N) is 3. The van der Waals surface area contributed by atoms with Gasteiger partial charge in [-0.05, 0) is 62.4 Å². The Morgan fingerprint density at radius 3 is 1.81 bits per heavy atom. The van der Waals surface area contributed by atoms with Gasteiger partial charge in [0.2, 0.25) is 5.91 Å². The standard InChI is InChI=1S/C41H47N3O9/c1-41(2,3)53-39(48)34(25-45)44-38(47)33(22-14-24-42-40(49)52-28-31-19-11-6-12-20-31)43-37(46)32-21-13-23-35(50-26-29-15-7-4-8-16-29)36(32)51-27-30-17-9-5-10-18-30/h4-13,15-21,23,33-34,45H,14,22,24-28H2,1-3H3,(H,42,49)(H,43,46)(H,44,47)/t33-,34+/m1/s1. The van der Waals surface area contributed by atoms with Crippen molar-refractivity contribution in [2.75, 3.05) is 13.2 Å². The Bertz CT molecular complexity index is 1760. The summed E-state index contributed by atoms with van der Waals surface area (Å²) >= 11 is 0. The van der Waals surface area contributed by atoms with Crippen molar-refractivity contribution in [3.63, 3.8) is 0 Å². The number of carbonyl (C=O) groups excluding carboxylic acids is 4. The molecule has 4 aromatic rings. The van der Waals surface area contributed by atoms with Crippen molar-refractivity contribution >= 4 is 23.9 Å². The van der Waals surface area contributed by atoms with Crippen LogP contribution in [0, 0.1) is 0 Å². The lowest BCUT2D eigenvalue weighted by atomic mass is 10.1. The van der Waals surface area contributed by atoms with Crippen molar-refractivity contribution in [3.8, 4) is 11.5 Å². The normalized spacial score (nSPS) is 12.1. The van der Waals surface area contributed by atoms with Crippen LogP contribution < -0.4 is 25.4 Å². The number of esters is 1. The number of rotatable bonds is 18. The summed E-state index contributed by atoms with van der Waals surface area (Å²) in [5.41, 5.74) is 1.84. The fourth-order valence-corrected chi connectivity index (χ4v) is 5.02. The van der Waals surface area contributed by atoms with Gasteiger partial charge in [0, 0.05) is 6.54 Å². The van der Waals surface area contributed by atoms with Crippen LogP contribution in [0.5, 0.6) is 11.5 Å². The minimum atomic E-state index is -1.38. The Morgan fingerprint density at radius 1 is 0.679 bits per heavy atom. The highest BCUT2D eigenvalue weighted by molar-refractivity contribution is 6.00. The highest BCUT2D eigenvalue weighted by atomic mass is 16.6. The number of para-hydroxylation sites is 1. The summed E-state index contributed by atoms with van der Waals surface area (Å²) in [6, 6.07) is 30.5. The van der Waals surface area contributed by atoms with Gasteiger partial charge in [-0.3, -0.25) is 9.59 Å². The molecule has 0 aliphatic heterocycles. The van der Waals surface area contributed by atoms with Gasteiger partial charge in [-0.15, -0.1) is 0 Å². The summed E-state index contributed by atoms with van der Waals surface area (Å²) in [6.45, 7) is 4.82. The van der Waals surface area contributed by atoms with E-state index in [1.165, 1.54) is 0 Å². The Hall–Kier alpha value is -5.88. The number of aliphatic hydroxyl groups is 1. The SMILES string of the molecule is CC(C)(C)OC(=O)[C@H](CO)NC(=O)[C@@H](CCCNC(=O)OCc1ccccc1)NC(=O)c1cccc(OCc2ccccc2)c1OCc1ccccc1. The Kier molecular flexibility index (Phi) is 15.2. The molecule has 0 aromatic heterocycles. The zero-order valence-electron chi connectivity index (χ0n) is 30.2. The van der Waals surface area contributed by atoms with E-state index in [9.17, 15) is 24.3 Å². The maximum atomic E-state index is 14.0. The third kappa shape index (κ3) is 13.6. The van der Waals surface area contributed by atoms with Crippen LogP contribution in [-0.2, 0) is 38.9 Å². The van der Waals surface area contributed by atoms with Gasteiger partial charge in [0.05, 0.1) is 12.2 Å². The first-order valence-electron chi connectivity index (χ1n) is 17.4. The Morgan fingerprint density at radius 2 is 1.25 bits per heavy atom. The first-order chi connectivity index (χ1) is 25.5. The molecular formula is C41H47N3O9. The van der Waals surface area contributed by atoms with Gasteiger partial charge in [-0.2, -0.15) is 0 Å². The van der Waals surface area contributed by atoms with E-state index >= 15 is 0 Å². The Labute approximate surface area is 309 Å². The number of hydrogen-bond acceptors (Lipinski definition) is 9. The molecule has 0 radical (unpaired) electrons. The molecule has 0 bridgehead atoms. The summed E-state index contributed by atoms with van der Waals surface area (Å²) in [4.78, 5) is 52.7. The van der Waals surface area contributed by atoms with E-state index in [4.69, 9.17) is 18.9 Å². The summed E-state index contributed by atoms with van der Waals surface area (Å²) < 4.78 is 22.9. The molecule has 280 valence electrons. The Balaban J connectivity index is 1.51. The molecule has 0 heterocycles. The molecule has 4 aromatic carbocycles. The van der Waals surface area contributed by atoms with Crippen molar-refractivity contribution in [1.82, 2.24) is 16.0 Å². The first kappa shape index (κ1) is 39.9. The molecule has 0 fully saturated rings. The maximum Gasteiger partial charge on any atom is 0.407 e. The molecule has 0 spiro atoms. The topological polar surface area (TPSA) is 162 Å². The van der Waals surface area contributed by atoms with Crippen molar-refractivity contribution < 1.29 is 43.2 Å². The number of benzene rings is 4. The predicted octanol–water partition coefficient (Wildman–Crippen LogP) is 5.47. The first-order valence-corrected chi connectivity index (χ1v) is 17.4. The molecule has 0 saturated carbocycles. The van der Waals surface area contributed by atoms with E-state index in [0.717, 1.165) is 16.7 Å². The molecule has 4 N–H and O–H groups in total. The van der Waals surface area contributed by atoms with E-state index in [2.05, 4.69) is 16.0 Å². The lowest BCUT2D eigenvalue weighted by molar-refractivity contribution is -0.159. The van der Waals surface area contributed by atoms with E-state index in [1.807, 2.05) is 91.0 Å². The van der Waals surface area contributed by atoms with Crippen molar-refractivity contribution in [2.24, 2.45) is 0 Å². The second-order valence-electron chi connectivity index (χ2n) is 13.1. The van der Waals surface area contributed by atoms with Gasteiger partial charge in [-0.1, -0.05) is 97.1 Å². The van der Waals surface area contributed by atoms with Crippen LogP contribution in [-0.4, -0.2) is 59.8 Å². The highest BCUT2D eigenvalue weighted by Crippen LogP contribution is 2.33. The third-order valence-electron chi connectivity index (χ3n) is 7.65. The quantitative estimate of drug-likeness (QED) is 0.0771. The minimum absolute atomic E-state index is 0.0490. The summed E-state index contributed by atoms with van der Waals surface area (Å²) in [6.07, 6.45) is -0.350. The van der Waals surface area contributed by atoms with Gasteiger partial charge >= 0.3 is 12.1 Å². The van der Waals surface area contributed by atoms with Crippen LogP contribution in [0.25, 0.3) is 0 Å². The molecule has 0 aliphatic rings. The van der Waals surface area contributed by atoms with Crippen LogP contribution in [0.1, 0.15) is 60.7 Å². The molecule has 12 heteroatoms. The van der Waals surface area contributed by atoms with E-state index < -0.39 is 48.2 Å². The van der Waals surface area contributed by atoms with Crippen LogP contribution in [0.15, 0.2) is 109 Å². The molecule has 4 rings (SSSR count). The van der Waals surface area contributed by atoms with E-state index in [0.29, 0.717) is 5.75 Å². The molecule has 53 heavy (non-hydrogen) atoms. The largest absolute Gasteiger partial charge is 0.485 e. The van der Waals surface area contributed by atoms with Gasteiger partial charge in [-0.25, -0.2) is 9.59 Å². The van der Waals surface area contributed by atoms with E-state index in [1.54, 1.807) is 39.0 Å². The number of ether oxygens (including phenoxy) is 4. The summed E-state index contributed by atoms with van der Waals surface area (Å²) in [7, 11) is 0. The number of aliphatic hydroxyl groups excluding tert-OH is 1. The lowest BCUT2D eigenvalue weighted by Gasteiger charge is -2.25. The molecular weight excluding hydrogens is 678 g/mol. The van der Waals surface area contributed by atoms with Crippen LogP contribution in [0.2, 0.25) is 0 Å². The molecule has 0 aliphatic carbocycles. The lowest BCUT2D eigenvalue weighted by Crippen LogP contribution is -2.53.